The molecule has 1 N–H and O–H groups in total. The number of aromatic amines is 1. The van der Waals surface area contributed by atoms with Crippen molar-refractivity contribution in [1.29, 1.82) is 0 Å². The number of aromatic nitrogens is 3. The molecule has 0 amide bonds. The second-order valence-corrected chi connectivity index (χ2v) is 7.62. The molecule has 2 aromatic heterocycles. The molecule has 138 valence electrons. The highest BCUT2D eigenvalue weighted by Gasteiger charge is 2.15. The first-order valence-electron chi connectivity index (χ1n) is 8.87. The Kier molecular flexibility index (Phi) is 4.58. The normalized spacial score (nSPS) is 11.4. The van der Waals surface area contributed by atoms with Crippen LogP contribution >= 0.6 is 11.3 Å². The van der Waals surface area contributed by atoms with Crippen molar-refractivity contribution in [2.75, 3.05) is 7.11 Å². The van der Waals surface area contributed by atoms with Gasteiger partial charge in [0.1, 0.15) is 10.8 Å². The van der Waals surface area contributed by atoms with Crippen molar-refractivity contribution in [3.05, 3.63) is 69.6 Å². The van der Waals surface area contributed by atoms with E-state index in [2.05, 4.69) is 22.5 Å². The third kappa shape index (κ3) is 3.28. The molecule has 0 aliphatic heterocycles. The summed E-state index contributed by atoms with van der Waals surface area (Å²) in [6.45, 7) is 4.02. The summed E-state index contributed by atoms with van der Waals surface area (Å²) >= 11 is 1.60. The number of ether oxygens (including phenoxy) is 1. The summed E-state index contributed by atoms with van der Waals surface area (Å²) < 4.78 is 6.99. The van der Waals surface area contributed by atoms with E-state index in [9.17, 15) is 4.79 Å². The van der Waals surface area contributed by atoms with Gasteiger partial charge in [0.25, 0.3) is 0 Å². The number of benzene rings is 2. The van der Waals surface area contributed by atoms with E-state index in [1.807, 2.05) is 44.2 Å². The quantitative estimate of drug-likeness (QED) is 0.550. The first-order valence-corrected chi connectivity index (χ1v) is 9.75. The molecule has 0 radical (unpaired) electrons. The molecule has 5 nitrogen and oxygen atoms in total. The molecular formula is C21H21N3O2S. The van der Waals surface area contributed by atoms with Crippen LogP contribution in [0.5, 0.6) is 5.75 Å². The summed E-state index contributed by atoms with van der Waals surface area (Å²) in [6, 6.07) is 14.1. The molecule has 6 heteroatoms. The minimum absolute atomic E-state index is 0.0811. The number of H-pyrrole nitrogens is 1. The third-order valence-electron chi connectivity index (χ3n) is 4.60. The Labute approximate surface area is 161 Å². The van der Waals surface area contributed by atoms with E-state index in [1.165, 1.54) is 5.56 Å². The Morgan fingerprint density at radius 1 is 1.19 bits per heavy atom. The molecule has 4 rings (SSSR count). The van der Waals surface area contributed by atoms with Crippen molar-refractivity contribution < 1.29 is 4.74 Å². The Balaban J connectivity index is 1.69. The monoisotopic (exact) mass is 379 g/mol. The van der Waals surface area contributed by atoms with Crippen LogP contribution in [0.2, 0.25) is 0 Å². The lowest BCUT2D eigenvalue weighted by molar-refractivity contribution is 0.414. The van der Waals surface area contributed by atoms with Gasteiger partial charge < -0.3 is 9.72 Å². The second-order valence-electron chi connectivity index (χ2n) is 6.76. The fraction of sp³-hybridized carbons (Fsp3) is 0.238. The lowest BCUT2D eigenvalue weighted by Gasteiger charge is -2.07. The zero-order chi connectivity index (χ0) is 19.0. The van der Waals surface area contributed by atoms with Crippen molar-refractivity contribution in [3.63, 3.8) is 0 Å². The van der Waals surface area contributed by atoms with E-state index in [-0.39, 0.29) is 11.7 Å². The molecule has 0 aliphatic rings. The number of para-hydroxylation sites is 1. The predicted octanol–water partition coefficient (Wildman–Crippen LogP) is 4.63. The first kappa shape index (κ1) is 17.5. The van der Waals surface area contributed by atoms with Crippen LogP contribution in [-0.4, -0.2) is 21.6 Å². The maximum absolute atomic E-state index is 12.3. The van der Waals surface area contributed by atoms with E-state index in [1.54, 1.807) is 23.0 Å². The van der Waals surface area contributed by atoms with Crippen LogP contribution in [0, 0.1) is 0 Å². The van der Waals surface area contributed by atoms with Gasteiger partial charge in [-0.3, -0.25) is 4.57 Å². The fourth-order valence-corrected chi connectivity index (χ4v) is 4.15. The van der Waals surface area contributed by atoms with E-state index in [0.717, 1.165) is 39.5 Å². The van der Waals surface area contributed by atoms with Gasteiger partial charge in [0.05, 0.1) is 23.8 Å². The summed E-state index contributed by atoms with van der Waals surface area (Å²) in [6.07, 6.45) is 0.764. The summed E-state index contributed by atoms with van der Waals surface area (Å²) in [5.74, 6) is 0.850. The number of hydrogen-bond donors (Lipinski definition) is 1. The molecular weight excluding hydrogens is 358 g/mol. The predicted molar refractivity (Wildman–Crippen MR) is 110 cm³/mol. The molecule has 0 saturated carbocycles. The highest BCUT2D eigenvalue weighted by atomic mass is 32.1. The molecule has 27 heavy (non-hydrogen) atoms. The average Bonchev–Trinajstić information content (AvgIpc) is 3.25. The molecule has 0 fully saturated rings. The largest absolute Gasteiger partial charge is 0.497 e. The maximum Gasteiger partial charge on any atom is 0.326 e. The van der Waals surface area contributed by atoms with E-state index >= 15 is 0 Å². The standard InChI is InChI=1S/C21H21N3O2S/c1-13(2)24-18-6-4-5-17(19(18)23-21(24)25)20-22-15(12-27-20)11-14-7-9-16(26-3)10-8-14/h4-10,12-13H,11H2,1-3H3,(H,23,25). The van der Waals surface area contributed by atoms with Gasteiger partial charge in [0.15, 0.2) is 0 Å². The Hall–Kier alpha value is -2.86. The fourth-order valence-electron chi connectivity index (χ4n) is 3.30. The number of thiazole rings is 1. The molecule has 0 spiro atoms. The van der Waals surface area contributed by atoms with Crippen LogP contribution in [0.15, 0.2) is 52.6 Å². The van der Waals surface area contributed by atoms with Gasteiger partial charge in [-0.1, -0.05) is 18.2 Å². The molecule has 2 heterocycles. The van der Waals surface area contributed by atoms with E-state index < -0.39 is 0 Å². The van der Waals surface area contributed by atoms with Crippen LogP contribution < -0.4 is 10.4 Å². The minimum atomic E-state index is -0.0811. The molecule has 0 aliphatic carbocycles. The van der Waals surface area contributed by atoms with Gasteiger partial charge in [0, 0.05) is 23.4 Å². The number of hydrogen-bond acceptors (Lipinski definition) is 4. The molecule has 0 saturated heterocycles. The van der Waals surface area contributed by atoms with Gasteiger partial charge in [0.2, 0.25) is 0 Å². The van der Waals surface area contributed by atoms with Crippen LogP contribution in [0.1, 0.15) is 31.1 Å². The summed E-state index contributed by atoms with van der Waals surface area (Å²) in [7, 11) is 1.67. The zero-order valence-corrected chi connectivity index (χ0v) is 16.3. The van der Waals surface area contributed by atoms with Gasteiger partial charge >= 0.3 is 5.69 Å². The Morgan fingerprint density at radius 2 is 1.96 bits per heavy atom. The van der Waals surface area contributed by atoms with Crippen molar-refractivity contribution >= 4 is 22.4 Å². The van der Waals surface area contributed by atoms with E-state index in [0.29, 0.717) is 0 Å². The minimum Gasteiger partial charge on any atom is -0.497 e. The van der Waals surface area contributed by atoms with Gasteiger partial charge in [-0.15, -0.1) is 11.3 Å². The molecule has 0 atom stereocenters. The second kappa shape index (κ2) is 7.04. The zero-order valence-electron chi connectivity index (χ0n) is 15.5. The third-order valence-corrected chi connectivity index (χ3v) is 5.52. The topological polar surface area (TPSA) is 59.9 Å². The highest BCUT2D eigenvalue weighted by molar-refractivity contribution is 7.13. The van der Waals surface area contributed by atoms with Gasteiger partial charge in [-0.25, -0.2) is 9.78 Å². The van der Waals surface area contributed by atoms with Crippen molar-refractivity contribution in [1.82, 2.24) is 14.5 Å². The molecule has 0 unspecified atom stereocenters. The van der Waals surface area contributed by atoms with Gasteiger partial charge in [-0.2, -0.15) is 0 Å². The highest BCUT2D eigenvalue weighted by Crippen LogP contribution is 2.30. The molecule has 0 bridgehead atoms. The smallest absolute Gasteiger partial charge is 0.326 e. The average molecular weight is 379 g/mol. The number of nitrogens with one attached hydrogen (secondary N) is 1. The van der Waals surface area contributed by atoms with E-state index in [4.69, 9.17) is 9.72 Å². The summed E-state index contributed by atoms with van der Waals surface area (Å²) in [4.78, 5) is 20.2. The van der Waals surface area contributed by atoms with Crippen molar-refractivity contribution in [3.8, 4) is 16.3 Å². The lowest BCUT2D eigenvalue weighted by atomic mass is 10.1. The van der Waals surface area contributed by atoms with Gasteiger partial charge in [-0.05, 0) is 43.7 Å². The maximum atomic E-state index is 12.3. The lowest BCUT2D eigenvalue weighted by Crippen LogP contribution is -2.18. The number of rotatable bonds is 5. The van der Waals surface area contributed by atoms with Crippen LogP contribution in [-0.2, 0) is 6.42 Å². The molecule has 4 aromatic rings. The number of nitrogens with zero attached hydrogens (tertiary/aromatic N) is 2. The van der Waals surface area contributed by atoms with Crippen LogP contribution in [0.4, 0.5) is 0 Å². The SMILES string of the molecule is COc1ccc(Cc2csc(-c3cccc4c3[nH]c(=O)n4C(C)C)n2)cc1. The number of imidazole rings is 1. The number of fused-ring (bicyclic) bond motifs is 1. The Morgan fingerprint density at radius 3 is 2.67 bits per heavy atom. The summed E-state index contributed by atoms with van der Waals surface area (Å²) in [5, 5.41) is 3.00. The van der Waals surface area contributed by atoms with Crippen LogP contribution in [0.3, 0.4) is 0 Å². The molecule has 2 aromatic carbocycles. The number of methoxy groups -OCH3 is 1. The first-order chi connectivity index (χ1) is 13.1. The summed E-state index contributed by atoms with van der Waals surface area (Å²) in [5.41, 5.74) is 4.85. The van der Waals surface area contributed by atoms with Crippen molar-refractivity contribution in [2.24, 2.45) is 0 Å². The van der Waals surface area contributed by atoms with Crippen LogP contribution in [0.25, 0.3) is 21.6 Å². The Bertz CT molecular complexity index is 1140. The van der Waals surface area contributed by atoms with Crippen molar-refractivity contribution in [2.45, 2.75) is 26.3 Å².